The Kier molecular flexibility index (Phi) is 4.89. The normalized spacial score (nSPS) is 10.9. The van der Waals surface area contributed by atoms with Gasteiger partial charge in [-0.25, -0.2) is 4.39 Å². The van der Waals surface area contributed by atoms with Crippen LogP contribution in [-0.4, -0.2) is 22.2 Å². The second-order valence-electron chi connectivity index (χ2n) is 5.91. The second kappa shape index (κ2) is 7.25. The molecule has 124 valence electrons. The number of carbonyl (C=O) groups excluding carboxylic acids is 1. The highest BCUT2D eigenvalue weighted by molar-refractivity contribution is 5.80. The van der Waals surface area contributed by atoms with Crippen LogP contribution >= 0.6 is 0 Å². The molecule has 3 rings (SSSR count). The molecule has 5 heteroatoms. The van der Waals surface area contributed by atoms with Gasteiger partial charge in [-0.15, -0.1) is 0 Å². The van der Waals surface area contributed by atoms with E-state index in [9.17, 15) is 9.18 Å². The molecule has 0 saturated heterocycles. The molecule has 0 radical (unpaired) electrons. The second-order valence-corrected chi connectivity index (χ2v) is 5.91. The van der Waals surface area contributed by atoms with Gasteiger partial charge in [0.1, 0.15) is 5.82 Å². The zero-order chi connectivity index (χ0) is 16.9. The predicted molar refractivity (Wildman–Crippen MR) is 92.2 cm³/mol. The lowest BCUT2D eigenvalue weighted by atomic mass is 10.1. The first-order chi connectivity index (χ1) is 11.6. The first-order valence-electron chi connectivity index (χ1n) is 8.05. The Bertz CT molecular complexity index is 857. The SMILES string of the molecule is Cc1ccc2cnn(CCC(=O)NCCc3cccc(F)c3)c2c1. The Labute approximate surface area is 140 Å². The van der Waals surface area contributed by atoms with Crippen molar-refractivity contribution < 1.29 is 9.18 Å². The van der Waals surface area contributed by atoms with Gasteiger partial charge in [0.2, 0.25) is 5.91 Å². The minimum Gasteiger partial charge on any atom is -0.356 e. The molecule has 24 heavy (non-hydrogen) atoms. The molecule has 1 aromatic heterocycles. The lowest BCUT2D eigenvalue weighted by Gasteiger charge is -2.07. The van der Waals surface area contributed by atoms with E-state index < -0.39 is 0 Å². The molecule has 0 unspecified atom stereocenters. The number of fused-ring (bicyclic) bond motifs is 1. The summed E-state index contributed by atoms with van der Waals surface area (Å²) in [4.78, 5) is 12.0. The third-order valence-electron chi connectivity index (χ3n) is 3.98. The van der Waals surface area contributed by atoms with Crippen LogP contribution in [0, 0.1) is 12.7 Å². The van der Waals surface area contributed by atoms with Crippen LogP contribution in [0.5, 0.6) is 0 Å². The van der Waals surface area contributed by atoms with Crippen LogP contribution in [0.25, 0.3) is 10.9 Å². The number of hydrogen-bond donors (Lipinski definition) is 1. The maximum Gasteiger partial charge on any atom is 0.221 e. The number of rotatable bonds is 6. The van der Waals surface area contributed by atoms with Gasteiger partial charge < -0.3 is 5.32 Å². The molecule has 3 aromatic rings. The Morgan fingerprint density at radius 1 is 1.25 bits per heavy atom. The third kappa shape index (κ3) is 3.98. The van der Waals surface area contributed by atoms with Crippen molar-refractivity contribution >= 4 is 16.8 Å². The van der Waals surface area contributed by atoms with Crippen molar-refractivity contribution in [2.24, 2.45) is 0 Å². The summed E-state index contributed by atoms with van der Waals surface area (Å²) in [7, 11) is 0. The van der Waals surface area contributed by atoms with E-state index in [2.05, 4.69) is 16.5 Å². The van der Waals surface area contributed by atoms with Gasteiger partial charge in [-0.3, -0.25) is 9.48 Å². The molecule has 0 spiro atoms. The van der Waals surface area contributed by atoms with Gasteiger partial charge >= 0.3 is 0 Å². The van der Waals surface area contributed by atoms with Crippen molar-refractivity contribution in [1.29, 1.82) is 0 Å². The number of aromatic nitrogens is 2. The largest absolute Gasteiger partial charge is 0.356 e. The fourth-order valence-corrected chi connectivity index (χ4v) is 2.69. The zero-order valence-electron chi connectivity index (χ0n) is 13.6. The highest BCUT2D eigenvalue weighted by Gasteiger charge is 2.06. The summed E-state index contributed by atoms with van der Waals surface area (Å²) in [6.45, 7) is 3.08. The number of carbonyl (C=O) groups is 1. The van der Waals surface area contributed by atoms with Crippen molar-refractivity contribution in [2.75, 3.05) is 6.54 Å². The maximum atomic E-state index is 13.1. The highest BCUT2D eigenvalue weighted by atomic mass is 19.1. The van der Waals surface area contributed by atoms with E-state index in [0.29, 0.717) is 25.9 Å². The molecule has 0 fully saturated rings. The van der Waals surface area contributed by atoms with Crippen molar-refractivity contribution in [2.45, 2.75) is 26.3 Å². The van der Waals surface area contributed by atoms with Crippen LogP contribution in [0.2, 0.25) is 0 Å². The van der Waals surface area contributed by atoms with E-state index in [1.165, 1.54) is 17.7 Å². The smallest absolute Gasteiger partial charge is 0.221 e. The molecule has 1 N–H and O–H groups in total. The van der Waals surface area contributed by atoms with Crippen molar-refractivity contribution in [3.05, 3.63) is 65.6 Å². The molecular weight excluding hydrogens is 305 g/mol. The number of hydrogen-bond acceptors (Lipinski definition) is 2. The highest BCUT2D eigenvalue weighted by Crippen LogP contribution is 2.15. The summed E-state index contributed by atoms with van der Waals surface area (Å²) in [5.41, 5.74) is 3.09. The molecule has 0 aliphatic heterocycles. The molecule has 0 atom stereocenters. The summed E-state index contributed by atoms with van der Waals surface area (Å²) in [6.07, 6.45) is 2.80. The standard InChI is InChI=1S/C19H20FN3O/c1-14-5-6-16-13-22-23(18(16)11-14)10-8-19(24)21-9-7-15-3-2-4-17(20)12-15/h2-6,11-13H,7-10H2,1H3,(H,21,24). The van der Waals surface area contributed by atoms with E-state index in [-0.39, 0.29) is 11.7 Å². The number of nitrogens with one attached hydrogen (secondary N) is 1. The van der Waals surface area contributed by atoms with E-state index in [1.54, 1.807) is 6.07 Å². The van der Waals surface area contributed by atoms with Crippen molar-refractivity contribution in [3.8, 4) is 0 Å². The fraction of sp³-hybridized carbons (Fsp3) is 0.263. The Morgan fingerprint density at radius 2 is 2.12 bits per heavy atom. The average Bonchev–Trinajstić information content (AvgIpc) is 2.95. The van der Waals surface area contributed by atoms with Crippen LogP contribution in [0.15, 0.2) is 48.7 Å². The number of nitrogens with zero attached hydrogens (tertiary/aromatic N) is 2. The molecule has 0 saturated carbocycles. The van der Waals surface area contributed by atoms with Gasteiger partial charge in [0, 0.05) is 18.4 Å². The minimum absolute atomic E-state index is 0.0253. The van der Waals surface area contributed by atoms with E-state index in [4.69, 9.17) is 0 Å². The minimum atomic E-state index is -0.250. The summed E-state index contributed by atoms with van der Waals surface area (Å²) < 4.78 is 14.9. The summed E-state index contributed by atoms with van der Waals surface area (Å²) in [5, 5.41) is 8.29. The van der Waals surface area contributed by atoms with Crippen LogP contribution in [0.3, 0.4) is 0 Å². The fourth-order valence-electron chi connectivity index (χ4n) is 2.69. The van der Waals surface area contributed by atoms with Crippen LogP contribution in [-0.2, 0) is 17.8 Å². The van der Waals surface area contributed by atoms with Crippen LogP contribution < -0.4 is 5.32 Å². The van der Waals surface area contributed by atoms with Gasteiger partial charge in [0.25, 0.3) is 0 Å². The zero-order valence-corrected chi connectivity index (χ0v) is 13.6. The summed E-state index contributed by atoms with van der Waals surface area (Å²) in [5.74, 6) is -0.276. The lowest BCUT2D eigenvalue weighted by Crippen LogP contribution is -2.26. The van der Waals surface area contributed by atoms with Gasteiger partial charge in [-0.05, 0) is 42.7 Å². The molecular formula is C19H20FN3O. The summed E-state index contributed by atoms with van der Waals surface area (Å²) in [6, 6.07) is 12.6. The van der Waals surface area contributed by atoms with Crippen molar-refractivity contribution in [1.82, 2.24) is 15.1 Å². The average molecular weight is 325 g/mol. The number of benzene rings is 2. The Morgan fingerprint density at radius 3 is 2.96 bits per heavy atom. The van der Waals surface area contributed by atoms with E-state index >= 15 is 0 Å². The molecule has 1 amide bonds. The van der Waals surface area contributed by atoms with E-state index in [0.717, 1.165) is 16.5 Å². The molecule has 2 aromatic carbocycles. The predicted octanol–water partition coefficient (Wildman–Crippen LogP) is 3.23. The van der Waals surface area contributed by atoms with Crippen molar-refractivity contribution in [3.63, 3.8) is 0 Å². The lowest BCUT2D eigenvalue weighted by molar-refractivity contribution is -0.121. The monoisotopic (exact) mass is 325 g/mol. The number of amides is 1. The van der Waals surface area contributed by atoms with Gasteiger partial charge in [0.05, 0.1) is 18.3 Å². The van der Waals surface area contributed by atoms with Gasteiger partial charge in [-0.2, -0.15) is 5.10 Å². The summed E-state index contributed by atoms with van der Waals surface area (Å²) >= 11 is 0. The third-order valence-corrected chi connectivity index (χ3v) is 3.98. The molecule has 0 aliphatic carbocycles. The van der Waals surface area contributed by atoms with Gasteiger partial charge in [0.15, 0.2) is 0 Å². The first kappa shape index (κ1) is 16.2. The van der Waals surface area contributed by atoms with Crippen LogP contribution in [0.4, 0.5) is 4.39 Å². The van der Waals surface area contributed by atoms with E-state index in [1.807, 2.05) is 36.0 Å². The molecule has 4 nitrogen and oxygen atoms in total. The first-order valence-corrected chi connectivity index (χ1v) is 8.05. The van der Waals surface area contributed by atoms with Crippen LogP contribution in [0.1, 0.15) is 17.5 Å². The molecule has 0 bridgehead atoms. The maximum absolute atomic E-state index is 13.1. The molecule has 0 aliphatic rings. The topological polar surface area (TPSA) is 46.9 Å². The number of halogens is 1. The number of aryl methyl sites for hydroxylation is 2. The Balaban J connectivity index is 1.49. The van der Waals surface area contributed by atoms with Gasteiger partial charge in [-0.1, -0.05) is 24.3 Å². The molecule has 1 heterocycles. The Hall–Kier alpha value is -2.69. The quantitative estimate of drug-likeness (QED) is 0.756.